The second-order valence-corrected chi connectivity index (χ2v) is 8.32. The van der Waals surface area contributed by atoms with E-state index in [9.17, 15) is 0 Å². The van der Waals surface area contributed by atoms with Crippen LogP contribution in [0.25, 0.3) is 10.2 Å². The van der Waals surface area contributed by atoms with E-state index in [-0.39, 0.29) is 0 Å². The number of aryl methyl sites for hydroxylation is 1. The molecule has 0 atom stereocenters. The van der Waals surface area contributed by atoms with Gasteiger partial charge in [-0.25, -0.2) is 4.98 Å². The van der Waals surface area contributed by atoms with E-state index in [1.807, 2.05) is 31.2 Å². The maximum Gasteiger partial charge on any atom is 0.186 e. The Labute approximate surface area is 165 Å². The first-order valence-electron chi connectivity index (χ1n) is 8.03. The zero-order chi connectivity index (χ0) is 17.6. The number of hydrogen-bond donors (Lipinski definition) is 0. The minimum atomic E-state index is 0.590. The Morgan fingerprint density at radius 1 is 0.880 bits per heavy atom. The van der Waals surface area contributed by atoms with Crippen LogP contribution >= 0.6 is 46.1 Å². The Morgan fingerprint density at radius 2 is 1.56 bits per heavy atom. The third-order valence-corrected chi connectivity index (χ3v) is 6.78. The van der Waals surface area contributed by atoms with Gasteiger partial charge in [0.05, 0.1) is 20.3 Å². The Balaban J connectivity index is 1.52. The van der Waals surface area contributed by atoms with Crippen molar-refractivity contribution in [3.05, 3.63) is 51.0 Å². The molecule has 1 aliphatic rings. The van der Waals surface area contributed by atoms with Crippen molar-refractivity contribution in [3.8, 4) is 0 Å². The van der Waals surface area contributed by atoms with Crippen LogP contribution in [0.5, 0.6) is 0 Å². The molecule has 0 bridgehead atoms. The Hall–Kier alpha value is -1.20. The summed E-state index contributed by atoms with van der Waals surface area (Å²) < 4.78 is 1.18. The lowest BCUT2D eigenvalue weighted by atomic mass is 10.2. The van der Waals surface area contributed by atoms with Crippen molar-refractivity contribution in [2.75, 3.05) is 36.0 Å². The van der Waals surface area contributed by atoms with Gasteiger partial charge in [0.15, 0.2) is 5.13 Å². The van der Waals surface area contributed by atoms with E-state index < -0.39 is 0 Å². The average molecular weight is 413 g/mol. The molecule has 0 amide bonds. The summed E-state index contributed by atoms with van der Waals surface area (Å²) in [7, 11) is 0. The summed E-state index contributed by atoms with van der Waals surface area (Å²) >= 11 is 20.1. The highest BCUT2D eigenvalue weighted by atomic mass is 35.5. The molecular formula is C18H16Cl3N3S. The molecule has 0 spiro atoms. The molecule has 0 saturated carbocycles. The fourth-order valence-electron chi connectivity index (χ4n) is 3.06. The van der Waals surface area contributed by atoms with Crippen molar-refractivity contribution < 1.29 is 0 Å². The minimum absolute atomic E-state index is 0.590. The normalized spacial score (nSPS) is 15.2. The van der Waals surface area contributed by atoms with E-state index in [1.165, 1.54) is 4.70 Å². The van der Waals surface area contributed by atoms with Crippen LogP contribution in [0.1, 0.15) is 5.56 Å². The summed E-state index contributed by atoms with van der Waals surface area (Å²) in [6, 6.07) is 9.81. The third kappa shape index (κ3) is 3.28. The number of rotatable bonds is 2. The first kappa shape index (κ1) is 17.2. The van der Waals surface area contributed by atoms with E-state index in [4.69, 9.17) is 39.8 Å². The number of anilines is 2. The molecule has 2 heterocycles. The quantitative estimate of drug-likeness (QED) is 0.523. The van der Waals surface area contributed by atoms with E-state index in [0.29, 0.717) is 10.0 Å². The van der Waals surface area contributed by atoms with Crippen LogP contribution in [-0.4, -0.2) is 31.2 Å². The van der Waals surface area contributed by atoms with Crippen molar-refractivity contribution in [1.82, 2.24) is 4.98 Å². The Bertz CT molecular complexity index is 933. The van der Waals surface area contributed by atoms with Gasteiger partial charge in [-0.2, -0.15) is 0 Å². The molecule has 3 aromatic rings. The van der Waals surface area contributed by atoms with Gasteiger partial charge in [0.25, 0.3) is 0 Å². The van der Waals surface area contributed by atoms with E-state index in [1.54, 1.807) is 11.3 Å². The van der Waals surface area contributed by atoms with Crippen LogP contribution < -0.4 is 9.80 Å². The van der Waals surface area contributed by atoms with Gasteiger partial charge in [0.2, 0.25) is 0 Å². The largest absolute Gasteiger partial charge is 0.368 e. The molecule has 1 saturated heterocycles. The van der Waals surface area contributed by atoms with Crippen molar-refractivity contribution in [1.29, 1.82) is 0 Å². The number of piperazine rings is 1. The van der Waals surface area contributed by atoms with Crippen LogP contribution in [0.15, 0.2) is 30.3 Å². The van der Waals surface area contributed by atoms with Gasteiger partial charge in [0.1, 0.15) is 0 Å². The Kier molecular flexibility index (Phi) is 4.71. The highest BCUT2D eigenvalue weighted by molar-refractivity contribution is 7.22. The summed E-state index contributed by atoms with van der Waals surface area (Å²) in [6.45, 7) is 5.72. The minimum Gasteiger partial charge on any atom is -0.368 e. The molecule has 130 valence electrons. The topological polar surface area (TPSA) is 19.4 Å². The molecule has 25 heavy (non-hydrogen) atoms. The van der Waals surface area contributed by atoms with Gasteiger partial charge in [-0.05, 0) is 42.8 Å². The summed E-state index contributed by atoms with van der Waals surface area (Å²) in [6.07, 6.45) is 0. The summed E-state index contributed by atoms with van der Waals surface area (Å²) in [5, 5.41) is 3.02. The SMILES string of the molecule is Cc1c(Cl)ccc2sc(N3CCN(c4ccc(Cl)c(Cl)c4)CC3)nc12. The number of benzene rings is 2. The van der Waals surface area contributed by atoms with Crippen molar-refractivity contribution in [2.24, 2.45) is 0 Å². The highest BCUT2D eigenvalue weighted by Gasteiger charge is 2.21. The molecule has 1 aromatic heterocycles. The lowest BCUT2D eigenvalue weighted by Gasteiger charge is -2.36. The highest BCUT2D eigenvalue weighted by Crippen LogP contribution is 2.34. The smallest absolute Gasteiger partial charge is 0.186 e. The first-order chi connectivity index (χ1) is 12.0. The number of thiazole rings is 1. The van der Waals surface area contributed by atoms with Gasteiger partial charge in [-0.15, -0.1) is 0 Å². The number of halogens is 3. The predicted molar refractivity (Wildman–Crippen MR) is 110 cm³/mol. The van der Waals surface area contributed by atoms with Crippen LogP contribution in [0.4, 0.5) is 10.8 Å². The fraction of sp³-hybridized carbons (Fsp3) is 0.278. The van der Waals surface area contributed by atoms with E-state index in [0.717, 1.165) is 53.1 Å². The van der Waals surface area contributed by atoms with Gasteiger partial charge in [0, 0.05) is 36.9 Å². The molecule has 0 unspecified atom stereocenters. The molecule has 0 N–H and O–H groups in total. The first-order valence-corrected chi connectivity index (χ1v) is 9.98. The summed E-state index contributed by atoms with van der Waals surface area (Å²) in [4.78, 5) is 9.49. The number of hydrogen-bond acceptors (Lipinski definition) is 4. The maximum absolute atomic E-state index is 6.22. The molecule has 4 rings (SSSR count). The second-order valence-electron chi connectivity index (χ2n) is 6.09. The van der Waals surface area contributed by atoms with Crippen LogP contribution in [0.3, 0.4) is 0 Å². The molecule has 1 fully saturated rings. The number of aromatic nitrogens is 1. The van der Waals surface area contributed by atoms with Crippen molar-refractivity contribution in [3.63, 3.8) is 0 Å². The summed E-state index contributed by atoms with van der Waals surface area (Å²) in [5.41, 5.74) is 3.18. The lowest BCUT2D eigenvalue weighted by molar-refractivity contribution is 0.652. The van der Waals surface area contributed by atoms with Gasteiger partial charge in [-0.3, -0.25) is 0 Å². The third-order valence-electron chi connectivity index (χ3n) is 4.56. The molecular weight excluding hydrogens is 397 g/mol. The average Bonchev–Trinajstić information content (AvgIpc) is 3.06. The van der Waals surface area contributed by atoms with Crippen LogP contribution in [0.2, 0.25) is 15.1 Å². The second kappa shape index (κ2) is 6.84. The fourth-order valence-corrected chi connectivity index (χ4v) is 4.58. The monoisotopic (exact) mass is 411 g/mol. The molecule has 0 radical (unpaired) electrons. The zero-order valence-corrected chi connectivity index (χ0v) is 16.7. The van der Waals surface area contributed by atoms with E-state index in [2.05, 4.69) is 15.9 Å². The van der Waals surface area contributed by atoms with Gasteiger partial charge >= 0.3 is 0 Å². The molecule has 1 aliphatic heterocycles. The summed E-state index contributed by atoms with van der Waals surface area (Å²) in [5.74, 6) is 0. The zero-order valence-electron chi connectivity index (χ0n) is 13.6. The molecule has 7 heteroatoms. The van der Waals surface area contributed by atoms with Crippen LogP contribution in [0, 0.1) is 6.92 Å². The number of fused-ring (bicyclic) bond motifs is 1. The van der Waals surface area contributed by atoms with E-state index >= 15 is 0 Å². The lowest BCUT2D eigenvalue weighted by Crippen LogP contribution is -2.46. The maximum atomic E-state index is 6.22. The molecule has 2 aromatic carbocycles. The van der Waals surface area contributed by atoms with Crippen LogP contribution in [-0.2, 0) is 0 Å². The van der Waals surface area contributed by atoms with Gasteiger partial charge in [-0.1, -0.05) is 46.1 Å². The number of nitrogens with zero attached hydrogens (tertiary/aromatic N) is 3. The van der Waals surface area contributed by atoms with Crippen molar-refractivity contribution >= 4 is 67.2 Å². The van der Waals surface area contributed by atoms with Gasteiger partial charge < -0.3 is 9.80 Å². The molecule has 0 aliphatic carbocycles. The standard InChI is InChI=1S/C18H16Cl3N3S/c1-11-13(19)4-5-16-17(11)22-18(25-16)24-8-6-23(7-9-24)12-2-3-14(20)15(21)10-12/h2-5,10H,6-9H2,1H3. The Morgan fingerprint density at radius 3 is 2.28 bits per heavy atom. The van der Waals surface area contributed by atoms with Crippen molar-refractivity contribution in [2.45, 2.75) is 6.92 Å². The predicted octanol–water partition coefficient (Wildman–Crippen LogP) is 5.89. The molecule has 3 nitrogen and oxygen atoms in total.